The quantitative estimate of drug-likeness (QED) is 0.871. The van der Waals surface area contributed by atoms with Crippen molar-refractivity contribution in [1.82, 2.24) is 0 Å². The summed E-state index contributed by atoms with van der Waals surface area (Å²) >= 11 is 5.66. The van der Waals surface area contributed by atoms with Gasteiger partial charge in [0.05, 0.1) is 12.7 Å². The minimum atomic E-state index is -3.01. The smallest absolute Gasteiger partial charge is 0.278 e. The fourth-order valence-electron chi connectivity index (χ4n) is 1.28. The Morgan fingerprint density at radius 1 is 1.47 bits per heavy atom. The number of methoxy groups -OCH3 is 1. The molecule has 2 N–H and O–H groups in total. The maximum Gasteiger partial charge on any atom is 0.278 e. The van der Waals surface area contributed by atoms with Crippen molar-refractivity contribution in [3.05, 3.63) is 28.8 Å². The molecule has 1 rings (SSSR count). The van der Waals surface area contributed by atoms with E-state index in [1.165, 1.54) is 25.3 Å². The molecule has 0 spiro atoms. The average Bonchev–Trinajstić information content (AvgIpc) is 2.17. The summed E-state index contributed by atoms with van der Waals surface area (Å²) in [6.45, 7) is -0.0946. The highest BCUT2D eigenvalue weighted by molar-refractivity contribution is 6.30. The number of benzene rings is 1. The molecular formula is C10H12ClF2NO. The van der Waals surface area contributed by atoms with Crippen molar-refractivity contribution < 1.29 is 13.5 Å². The van der Waals surface area contributed by atoms with Crippen molar-refractivity contribution in [3.8, 4) is 5.75 Å². The molecule has 0 aromatic heterocycles. The van der Waals surface area contributed by atoms with Gasteiger partial charge >= 0.3 is 0 Å². The molecule has 0 aliphatic heterocycles. The summed E-state index contributed by atoms with van der Waals surface area (Å²) in [5.74, 6) is -2.89. The molecule has 0 bridgehead atoms. The van der Waals surface area contributed by atoms with Gasteiger partial charge in [0.2, 0.25) is 0 Å². The molecule has 0 unspecified atom stereocenters. The first-order valence-electron chi connectivity index (χ1n) is 4.43. The third-order valence-corrected chi connectivity index (χ3v) is 2.25. The van der Waals surface area contributed by atoms with Crippen molar-refractivity contribution in [2.24, 2.45) is 5.73 Å². The molecule has 0 saturated heterocycles. The summed E-state index contributed by atoms with van der Waals surface area (Å²) in [6.07, 6.45) is -0.427. The highest BCUT2D eigenvalue weighted by Crippen LogP contribution is 2.38. The summed E-state index contributed by atoms with van der Waals surface area (Å²) in [6, 6.07) is 4.13. The standard InChI is InChI=1S/C10H12ClF2NO/c1-15-9-3-2-7(11)6-8(9)10(12,13)4-5-14/h2-3,6H,4-5,14H2,1H3. The summed E-state index contributed by atoms with van der Waals surface area (Å²) in [7, 11) is 1.34. The fraction of sp³-hybridized carbons (Fsp3) is 0.400. The van der Waals surface area contributed by atoms with Crippen LogP contribution >= 0.6 is 11.6 Å². The van der Waals surface area contributed by atoms with E-state index in [2.05, 4.69) is 0 Å². The first-order valence-corrected chi connectivity index (χ1v) is 4.81. The highest BCUT2D eigenvalue weighted by atomic mass is 35.5. The maximum atomic E-state index is 13.6. The van der Waals surface area contributed by atoms with Crippen molar-refractivity contribution in [1.29, 1.82) is 0 Å². The number of hydrogen-bond donors (Lipinski definition) is 1. The zero-order valence-corrected chi connectivity index (χ0v) is 9.02. The number of halogens is 3. The van der Waals surface area contributed by atoms with Crippen LogP contribution < -0.4 is 10.5 Å². The molecular weight excluding hydrogens is 224 g/mol. The zero-order valence-electron chi connectivity index (χ0n) is 8.27. The van der Waals surface area contributed by atoms with Gasteiger partial charge in [0.1, 0.15) is 5.75 Å². The lowest BCUT2D eigenvalue weighted by atomic mass is 10.0. The molecule has 84 valence electrons. The van der Waals surface area contributed by atoms with Crippen molar-refractivity contribution in [2.75, 3.05) is 13.7 Å². The predicted molar refractivity (Wildman–Crippen MR) is 55.6 cm³/mol. The van der Waals surface area contributed by atoms with Crippen LogP contribution in [0.2, 0.25) is 5.02 Å². The van der Waals surface area contributed by atoms with Crippen LogP contribution in [0.3, 0.4) is 0 Å². The van der Waals surface area contributed by atoms with E-state index < -0.39 is 12.3 Å². The van der Waals surface area contributed by atoms with Gasteiger partial charge in [-0.25, -0.2) is 8.78 Å². The lowest BCUT2D eigenvalue weighted by molar-refractivity contribution is -0.0127. The second kappa shape index (κ2) is 4.77. The molecule has 2 nitrogen and oxygen atoms in total. The van der Waals surface area contributed by atoms with E-state index in [1.54, 1.807) is 0 Å². The summed E-state index contributed by atoms with van der Waals surface area (Å²) in [4.78, 5) is 0. The van der Waals surface area contributed by atoms with Crippen LogP contribution in [-0.2, 0) is 5.92 Å². The van der Waals surface area contributed by atoms with Crippen molar-refractivity contribution in [3.63, 3.8) is 0 Å². The number of ether oxygens (including phenoxy) is 1. The van der Waals surface area contributed by atoms with Crippen LogP contribution in [0.4, 0.5) is 8.78 Å². The van der Waals surface area contributed by atoms with Crippen LogP contribution in [0.15, 0.2) is 18.2 Å². The number of rotatable bonds is 4. The average molecular weight is 236 g/mol. The lowest BCUT2D eigenvalue weighted by Crippen LogP contribution is -2.19. The summed E-state index contributed by atoms with van der Waals surface area (Å²) < 4.78 is 32.0. The molecule has 1 aromatic carbocycles. The van der Waals surface area contributed by atoms with Gasteiger partial charge in [-0.05, 0) is 24.7 Å². The van der Waals surface area contributed by atoms with Gasteiger partial charge in [-0.15, -0.1) is 0 Å². The Kier molecular flexibility index (Phi) is 3.88. The zero-order chi connectivity index (χ0) is 11.5. The molecule has 0 heterocycles. The molecule has 15 heavy (non-hydrogen) atoms. The minimum absolute atomic E-state index is 0.0946. The van der Waals surface area contributed by atoms with E-state index in [1.807, 2.05) is 0 Å². The first kappa shape index (κ1) is 12.2. The van der Waals surface area contributed by atoms with E-state index >= 15 is 0 Å². The van der Waals surface area contributed by atoms with Crippen LogP contribution in [0.1, 0.15) is 12.0 Å². The first-order chi connectivity index (χ1) is 7.01. The van der Waals surface area contributed by atoms with Crippen LogP contribution in [0.5, 0.6) is 5.75 Å². The SMILES string of the molecule is COc1ccc(Cl)cc1C(F)(F)CCN. The van der Waals surface area contributed by atoms with Crippen LogP contribution in [0.25, 0.3) is 0 Å². The molecule has 0 atom stereocenters. The molecule has 0 aliphatic rings. The Balaban J connectivity index is 3.15. The maximum absolute atomic E-state index is 13.6. The van der Waals surface area contributed by atoms with Gasteiger partial charge in [-0.1, -0.05) is 11.6 Å². The van der Waals surface area contributed by atoms with Crippen LogP contribution in [0, 0.1) is 0 Å². The van der Waals surface area contributed by atoms with Gasteiger partial charge in [-0.3, -0.25) is 0 Å². The summed E-state index contributed by atoms with van der Waals surface area (Å²) in [5.41, 5.74) is 4.91. The summed E-state index contributed by atoms with van der Waals surface area (Å²) in [5, 5.41) is 0.252. The van der Waals surface area contributed by atoms with Gasteiger partial charge in [0.25, 0.3) is 5.92 Å². The normalized spacial score (nSPS) is 11.5. The molecule has 0 aliphatic carbocycles. The third kappa shape index (κ3) is 2.79. The minimum Gasteiger partial charge on any atom is -0.496 e. The fourth-order valence-corrected chi connectivity index (χ4v) is 1.45. The molecule has 0 radical (unpaired) electrons. The van der Waals surface area contributed by atoms with Gasteiger partial charge in [-0.2, -0.15) is 0 Å². The molecule has 0 saturated carbocycles. The molecule has 1 aromatic rings. The predicted octanol–water partition coefficient (Wildman–Crippen LogP) is 2.79. The Labute approximate surface area is 92.0 Å². The van der Waals surface area contributed by atoms with Crippen LogP contribution in [-0.4, -0.2) is 13.7 Å². The Morgan fingerprint density at radius 3 is 2.67 bits per heavy atom. The Morgan fingerprint density at radius 2 is 2.13 bits per heavy atom. The molecule has 0 amide bonds. The van der Waals surface area contributed by atoms with Gasteiger partial charge < -0.3 is 10.5 Å². The largest absolute Gasteiger partial charge is 0.496 e. The van der Waals surface area contributed by atoms with E-state index in [-0.39, 0.29) is 22.9 Å². The number of hydrogen-bond acceptors (Lipinski definition) is 2. The molecule has 0 fully saturated rings. The molecule has 5 heteroatoms. The van der Waals surface area contributed by atoms with Crippen molar-refractivity contribution >= 4 is 11.6 Å². The van der Waals surface area contributed by atoms with E-state index in [0.717, 1.165) is 0 Å². The Hall–Kier alpha value is -0.870. The van der Waals surface area contributed by atoms with E-state index in [0.29, 0.717) is 0 Å². The number of nitrogens with two attached hydrogens (primary N) is 1. The topological polar surface area (TPSA) is 35.2 Å². The second-order valence-corrected chi connectivity index (χ2v) is 3.52. The third-order valence-electron chi connectivity index (χ3n) is 2.01. The van der Waals surface area contributed by atoms with E-state index in [4.69, 9.17) is 22.1 Å². The van der Waals surface area contributed by atoms with Gasteiger partial charge in [0.15, 0.2) is 0 Å². The van der Waals surface area contributed by atoms with E-state index in [9.17, 15) is 8.78 Å². The van der Waals surface area contributed by atoms with Crippen molar-refractivity contribution in [2.45, 2.75) is 12.3 Å². The lowest BCUT2D eigenvalue weighted by Gasteiger charge is -2.18. The second-order valence-electron chi connectivity index (χ2n) is 3.09. The Bertz CT molecular complexity index is 344. The monoisotopic (exact) mass is 235 g/mol. The highest BCUT2D eigenvalue weighted by Gasteiger charge is 2.33. The van der Waals surface area contributed by atoms with Gasteiger partial charge in [0, 0.05) is 11.4 Å². The number of alkyl halides is 2.